The molecule has 0 spiro atoms. The van der Waals surface area contributed by atoms with Crippen molar-refractivity contribution in [3.05, 3.63) is 60.2 Å². The van der Waals surface area contributed by atoms with E-state index in [0.717, 1.165) is 35.5 Å². The summed E-state index contributed by atoms with van der Waals surface area (Å²) in [6.45, 7) is 6.87. The summed E-state index contributed by atoms with van der Waals surface area (Å²) in [4.78, 5) is 28.0. The van der Waals surface area contributed by atoms with Gasteiger partial charge >= 0.3 is 0 Å². The molecule has 3 aromatic heterocycles. The van der Waals surface area contributed by atoms with Crippen molar-refractivity contribution < 1.29 is 4.79 Å². The fourth-order valence-electron chi connectivity index (χ4n) is 3.61. The Balaban J connectivity index is 1.61. The Labute approximate surface area is 164 Å². The van der Waals surface area contributed by atoms with E-state index in [-0.39, 0.29) is 17.4 Å². The van der Waals surface area contributed by atoms with Crippen molar-refractivity contribution >= 4 is 5.91 Å². The molecule has 0 radical (unpaired) electrons. The topological polar surface area (TPSA) is 87.7 Å². The number of hydrogen-bond donors (Lipinski definition) is 1. The minimum Gasteiger partial charge on any atom is -0.330 e. The molecule has 0 aliphatic carbocycles. The third-order valence-corrected chi connectivity index (χ3v) is 5.08. The predicted octanol–water partition coefficient (Wildman–Crippen LogP) is 3.54. The number of amides is 1. The second kappa shape index (κ2) is 7.14. The van der Waals surface area contributed by atoms with Crippen LogP contribution in [0.15, 0.2) is 43.1 Å². The average molecular weight is 376 g/mol. The molecule has 1 unspecified atom stereocenters. The van der Waals surface area contributed by atoms with Crippen LogP contribution in [0.4, 0.5) is 0 Å². The molecule has 1 atom stereocenters. The highest BCUT2D eigenvalue weighted by Gasteiger charge is 2.33. The van der Waals surface area contributed by atoms with E-state index < -0.39 is 0 Å². The van der Waals surface area contributed by atoms with Gasteiger partial charge in [-0.05, 0) is 30.5 Å². The third-order valence-electron chi connectivity index (χ3n) is 5.08. The van der Waals surface area contributed by atoms with Gasteiger partial charge in [0.15, 0.2) is 0 Å². The van der Waals surface area contributed by atoms with Crippen molar-refractivity contribution in [3.63, 3.8) is 0 Å². The maximum absolute atomic E-state index is 13.2. The van der Waals surface area contributed by atoms with Crippen molar-refractivity contribution in [2.24, 2.45) is 0 Å². The van der Waals surface area contributed by atoms with E-state index in [1.165, 1.54) is 0 Å². The van der Waals surface area contributed by atoms with Gasteiger partial charge in [0, 0.05) is 42.3 Å². The summed E-state index contributed by atoms with van der Waals surface area (Å²) in [6.07, 6.45) is 10.5. The lowest BCUT2D eigenvalue weighted by molar-refractivity contribution is 0.0732. The Hall–Kier alpha value is -3.09. The number of nitrogens with one attached hydrogen (secondary N) is 1. The normalized spacial score (nSPS) is 17.1. The second-order valence-electron chi connectivity index (χ2n) is 8.14. The first-order valence-electron chi connectivity index (χ1n) is 9.52. The molecular formula is C21H24N6O. The fourth-order valence-corrected chi connectivity index (χ4v) is 3.61. The van der Waals surface area contributed by atoms with E-state index in [4.69, 9.17) is 0 Å². The zero-order valence-corrected chi connectivity index (χ0v) is 16.4. The first-order chi connectivity index (χ1) is 13.4. The van der Waals surface area contributed by atoms with Gasteiger partial charge in [-0.1, -0.05) is 20.8 Å². The van der Waals surface area contributed by atoms with Crippen LogP contribution in [-0.4, -0.2) is 42.5 Å². The van der Waals surface area contributed by atoms with Gasteiger partial charge in [-0.25, -0.2) is 9.97 Å². The number of nitrogens with zero attached hydrogens (tertiary/aromatic N) is 5. The van der Waals surface area contributed by atoms with Crippen molar-refractivity contribution in [2.75, 3.05) is 6.54 Å². The molecule has 3 aromatic rings. The van der Waals surface area contributed by atoms with Gasteiger partial charge in [-0.3, -0.25) is 14.9 Å². The summed E-state index contributed by atoms with van der Waals surface area (Å²) in [5.74, 6) is 0.689. The monoisotopic (exact) mass is 376 g/mol. The molecule has 7 heteroatoms. The first kappa shape index (κ1) is 18.3. The van der Waals surface area contributed by atoms with Crippen molar-refractivity contribution in [2.45, 2.75) is 45.1 Å². The molecule has 4 heterocycles. The molecule has 0 bridgehead atoms. The third kappa shape index (κ3) is 3.40. The number of likely N-dealkylation sites (tertiary alicyclic amines) is 1. The number of aromatic amines is 1. The van der Waals surface area contributed by atoms with Crippen LogP contribution in [-0.2, 0) is 5.41 Å². The molecule has 4 rings (SSSR count). The lowest BCUT2D eigenvalue weighted by Gasteiger charge is -2.25. The number of hydrogen-bond acceptors (Lipinski definition) is 5. The van der Waals surface area contributed by atoms with Crippen LogP contribution in [0.2, 0.25) is 0 Å². The van der Waals surface area contributed by atoms with Crippen molar-refractivity contribution in [1.82, 2.24) is 30.0 Å². The van der Waals surface area contributed by atoms with E-state index in [1.54, 1.807) is 24.8 Å². The standard InChI is InChI=1S/C21H24N6O/c1-21(2,3)20-23-11-15(12-24-20)19(28)27-10-4-5-17(27)18-16(13-25-26-18)14-6-8-22-9-7-14/h6-9,11-13,17H,4-5,10H2,1-3H3,(H,25,26). The molecule has 1 amide bonds. The number of H-pyrrole nitrogens is 1. The Kier molecular flexibility index (Phi) is 4.66. The predicted molar refractivity (Wildman–Crippen MR) is 106 cm³/mol. The highest BCUT2D eigenvalue weighted by atomic mass is 16.2. The quantitative estimate of drug-likeness (QED) is 0.755. The van der Waals surface area contributed by atoms with Crippen LogP contribution >= 0.6 is 0 Å². The van der Waals surface area contributed by atoms with Crippen LogP contribution in [0.25, 0.3) is 11.1 Å². The van der Waals surface area contributed by atoms with E-state index in [2.05, 4.69) is 45.9 Å². The molecule has 1 aliphatic rings. The highest BCUT2D eigenvalue weighted by molar-refractivity contribution is 5.94. The number of aromatic nitrogens is 5. The number of pyridine rings is 1. The summed E-state index contributed by atoms with van der Waals surface area (Å²) in [6, 6.07) is 3.86. The maximum atomic E-state index is 13.2. The van der Waals surface area contributed by atoms with Crippen LogP contribution in [0.5, 0.6) is 0 Å². The van der Waals surface area contributed by atoms with E-state index in [0.29, 0.717) is 12.1 Å². The van der Waals surface area contributed by atoms with Gasteiger partial charge < -0.3 is 4.90 Å². The average Bonchev–Trinajstić information content (AvgIpc) is 3.36. The molecule has 1 aliphatic heterocycles. The van der Waals surface area contributed by atoms with Crippen LogP contribution < -0.4 is 0 Å². The largest absolute Gasteiger partial charge is 0.330 e. The SMILES string of the molecule is CC(C)(C)c1ncc(C(=O)N2CCCC2c2[nH]ncc2-c2ccncc2)cn1. The number of carbonyl (C=O) groups is 1. The van der Waals surface area contributed by atoms with Gasteiger partial charge in [0.1, 0.15) is 5.82 Å². The zero-order chi connectivity index (χ0) is 19.7. The van der Waals surface area contributed by atoms with E-state index >= 15 is 0 Å². The Bertz CT molecular complexity index is 959. The van der Waals surface area contributed by atoms with Gasteiger partial charge in [0.05, 0.1) is 23.5 Å². The molecule has 1 saturated heterocycles. The Morgan fingerprint density at radius 3 is 2.54 bits per heavy atom. The minimum atomic E-state index is -0.146. The first-order valence-corrected chi connectivity index (χ1v) is 9.52. The van der Waals surface area contributed by atoms with Crippen LogP contribution in [0, 0.1) is 0 Å². The van der Waals surface area contributed by atoms with E-state index in [1.807, 2.05) is 23.2 Å². The second-order valence-corrected chi connectivity index (χ2v) is 8.14. The molecule has 1 fully saturated rings. The molecule has 7 nitrogen and oxygen atoms in total. The zero-order valence-electron chi connectivity index (χ0n) is 16.4. The maximum Gasteiger partial charge on any atom is 0.257 e. The lowest BCUT2D eigenvalue weighted by Crippen LogP contribution is -2.31. The molecule has 28 heavy (non-hydrogen) atoms. The van der Waals surface area contributed by atoms with Gasteiger partial charge in [-0.2, -0.15) is 5.10 Å². The molecule has 1 N–H and O–H groups in total. The smallest absolute Gasteiger partial charge is 0.257 e. The van der Waals surface area contributed by atoms with Gasteiger partial charge in [-0.15, -0.1) is 0 Å². The van der Waals surface area contributed by atoms with Crippen molar-refractivity contribution in [3.8, 4) is 11.1 Å². The summed E-state index contributed by atoms with van der Waals surface area (Å²) < 4.78 is 0. The Morgan fingerprint density at radius 1 is 1.14 bits per heavy atom. The summed E-state index contributed by atoms with van der Waals surface area (Å²) in [7, 11) is 0. The lowest BCUT2D eigenvalue weighted by atomic mass is 9.96. The van der Waals surface area contributed by atoms with Crippen LogP contribution in [0.1, 0.15) is 61.5 Å². The van der Waals surface area contributed by atoms with E-state index in [9.17, 15) is 4.79 Å². The molecule has 0 aromatic carbocycles. The highest BCUT2D eigenvalue weighted by Crippen LogP contribution is 2.37. The summed E-state index contributed by atoms with van der Waals surface area (Å²) in [5, 5.41) is 7.36. The number of carbonyl (C=O) groups excluding carboxylic acids is 1. The molecular weight excluding hydrogens is 352 g/mol. The molecule has 0 saturated carbocycles. The minimum absolute atomic E-state index is 0.0412. The van der Waals surface area contributed by atoms with Gasteiger partial charge in [0.2, 0.25) is 0 Å². The van der Waals surface area contributed by atoms with Gasteiger partial charge in [0.25, 0.3) is 5.91 Å². The van der Waals surface area contributed by atoms with Crippen molar-refractivity contribution in [1.29, 1.82) is 0 Å². The van der Waals surface area contributed by atoms with Crippen LogP contribution in [0.3, 0.4) is 0 Å². The Morgan fingerprint density at radius 2 is 1.86 bits per heavy atom. The number of rotatable bonds is 3. The summed E-state index contributed by atoms with van der Waals surface area (Å²) >= 11 is 0. The summed E-state index contributed by atoms with van der Waals surface area (Å²) in [5.41, 5.74) is 3.38. The molecule has 144 valence electrons. The fraction of sp³-hybridized carbons (Fsp3) is 0.381.